The van der Waals surface area contributed by atoms with Crippen molar-refractivity contribution in [3.05, 3.63) is 102 Å². The van der Waals surface area contributed by atoms with Gasteiger partial charge in [0.1, 0.15) is 22.3 Å². The third-order valence-electron chi connectivity index (χ3n) is 6.84. The summed E-state index contributed by atoms with van der Waals surface area (Å²) in [6, 6.07) is 33.9. The van der Waals surface area contributed by atoms with Gasteiger partial charge >= 0.3 is 0 Å². The Bertz CT molecular complexity index is 2040. The number of nitrogens with zero attached hydrogens (tertiary/aromatic N) is 1. The molecular formula is C30H16BrNO2. The lowest BCUT2D eigenvalue weighted by atomic mass is 10.1. The molecule has 0 aliphatic carbocycles. The summed E-state index contributed by atoms with van der Waals surface area (Å²) in [4.78, 5) is 0. The van der Waals surface area contributed by atoms with Crippen molar-refractivity contribution in [2.75, 3.05) is 0 Å². The molecule has 0 bridgehead atoms. The zero-order valence-corrected chi connectivity index (χ0v) is 19.5. The minimum Gasteiger partial charge on any atom is -0.456 e. The molecule has 8 rings (SSSR count). The number of rotatable bonds is 1. The van der Waals surface area contributed by atoms with E-state index in [4.69, 9.17) is 8.83 Å². The molecular weight excluding hydrogens is 486 g/mol. The number of hydrogen-bond acceptors (Lipinski definition) is 2. The predicted molar refractivity (Wildman–Crippen MR) is 143 cm³/mol. The third kappa shape index (κ3) is 2.41. The molecule has 0 saturated carbocycles. The second kappa shape index (κ2) is 6.52. The Morgan fingerprint density at radius 1 is 0.471 bits per heavy atom. The first-order valence-corrected chi connectivity index (χ1v) is 12.0. The van der Waals surface area contributed by atoms with Crippen LogP contribution in [0.1, 0.15) is 0 Å². The number of benzene rings is 5. The topological polar surface area (TPSA) is 31.2 Å². The summed E-state index contributed by atoms with van der Waals surface area (Å²) < 4.78 is 15.8. The van der Waals surface area contributed by atoms with Crippen LogP contribution in [-0.2, 0) is 0 Å². The van der Waals surface area contributed by atoms with Gasteiger partial charge in [0.2, 0.25) is 0 Å². The lowest BCUT2D eigenvalue weighted by Gasteiger charge is -2.07. The van der Waals surface area contributed by atoms with Crippen molar-refractivity contribution in [3.8, 4) is 5.69 Å². The second-order valence-corrected chi connectivity index (χ2v) is 9.65. The molecule has 3 aromatic heterocycles. The highest BCUT2D eigenvalue weighted by molar-refractivity contribution is 9.10. The summed E-state index contributed by atoms with van der Waals surface area (Å²) in [5.41, 5.74) is 6.98. The van der Waals surface area contributed by atoms with E-state index in [0.717, 1.165) is 54.0 Å². The van der Waals surface area contributed by atoms with E-state index in [1.165, 1.54) is 21.8 Å². The van der Waals surface area contributed by atoms with Gasteiger partial charge in [0, 0.05) is 42.5 Å². The molecule has 4 heteroatoms. The molecule has 34 heavy (non-hydrogen) atoms. The Morgan fingerprint density at radius 2 is 1.00 bits per heavy atom. The van der Waals surface area contributed by atoms with Crippen LogP contribution < -0.4 is 0 Å². The molecule has 3 nitrogen and oxygen atoms in total. The van der Waals surface area contributed by atoms with Crippen LogP contribution >= 0.6 is 15.9 Å². The Labute approximate surface area is 201 Å². The van der Waals surface area contributed by atoms with E-state index in [0.29, 0.717) is 0 Å². The van der Waals surface area contributed by atoms with Crippen molar-refractivity contribution in [3.63, 3.8) is 0 Å². The molecule has 3 heterocycles. The highest BCUT2D eigenvalue weighted by atomic mass is 79.9. The highest BCUT2D eigenvalue weighted by Crippen LogP contribution is 2.39. The molecule has 0 saturated heterocycles. The number of para-hydroxylation sites is 2. The van der Waals surface area contributed by atoms with Crippen molar-refractivity contribution in [2.45, 2.75) is 0 Å². The maximum atomic E-state index is 6.29. The zero-order chi connectivity index (χ0) is 22.4. The van der Waals surface area contributed by atoms with E-state index < -0.39 is 0 Å². The van der Waals surface area contributed by atoms with E-state index in [-0.39, 0.29) is 0 Å². The quantitative estimate of drug-likeness (QED) is 0.224. The molecule has 0 atom stereocenters. The van der Waals surface area contributed by atoms with Crippen molar-refractivity contribution >= 4 is 81.6 Å². The van der Waals surface area contributed by atoms with E-state index in [9.17, 15) is 0 Å². The molecule has 0 N–H and O–H groups in total. The van der Waals surface area contributed by atoms with Crippen LogP contribution in [0.15, 0.2) is 110 Å². The predicted octanol–water partition coefficient (Wildman–Crippen LogP) is 9.34. The van der Waals surface area contributed by atoms with Gasteiger partial charge in [-0.25, -0.2) is 0 Å². The molecule has 0 amide bonds. The maximum Gasteiger partial charge on any atom is 0.136 e. The Hall–Kier alpha value is -4.02. The van der Waals surface area contributed by atoms with Crippen LogP contribution in [-0.4, -0.2) is 4.57 Å². The smallest absolute Gasteiger partial charge is 0.136 e. The molecule has 5 aromatic carbocycles. The molecule has 0 unspecified atom stereocenters. The third-order valence-corrected chi connectivity index (χ3v) is 7.34. The first kappa shape index (κ1) is 18.4. The lowest BCUT2D eigenvalue weighted by molar-refractivity contribution is 0.664. The zero-order valence-electron chi connectivity index (χ0n) is 17.9. The van der Waals surface area contributed by atoms with Crippen LogP contribution in [0.4, 0.5) is 0 Å². The van der Waals surface area contributed by atoms with Gasteiger partial charge < -0.3 is 13.4 Å². The van der Waals surface area contributed by atoms with Gasteiger partial charge in [-0.15, -0.1) is 0 Å². The molecule has 0 radical (unpaired) electrons. The number of halogens is 1. The van der Waals surface area contributed by atoms with E-state index >= 15 is 0 Å². The van der Waals surface area contributed by atoms with Crippen LogP contribution in [0.3, 0.4) is 0 Å². The van der Waals surface area contributed by atoms with E-state index in [1.807, 2.05) is 12.1 Å². The van der Waals surface area contributed by atoms with Crippen molar-refractivity contribution in [1.29, 1.82) is 0 Å². The fourth-order valence-electron chi connectivity index (χ4n) is 5.35. The van der Waals surface area contributed by atoms with Gasteiger partial charge in [0.25, 0.3) is 0 Å². The van der Waals surface area contributed by atoms with Gasteiger partial charge in [-0.3, -0.25) is 0 Å². The minimum absolute atomic E-state index is 0.865. The summed E-state index contributed by atoms with van der Waals surface area (Å²) in [5, 5.41) is 6.79. The SMILES string of the molecule is Brc1ccc2oc3cc4c(cc3c2c1)oc1ccc(-n2c3ccccc3c3ccccc32)cc14. The fourth-order valence-corrected chi connectivity index (χ4v) is 5.71. The monoisotopic (exact) mass is 501 g/mol. The largest absolute Gasteiger partial charge is 0.456 e. The maximum absolute atomic E-state index is 6.29. The van der Waals surface area contributed by atoms with E-state index in [1.54, 1.807) is 0 Å². The fraction of sp³-hybridized carbons (Fsp3) is 0. The molecule has 0 aliphatic rings. The van der Waals surface area contributed by atoms with Crippen molar-refractivity contribution < 1.29 is 8.83 Å². The summed E-state index contributed by atoms with van der Waals surface area (Å²) >= 11 is 3.57. The molecule has 160 valence electrons. The van der Waals surface area contributed by atoms with Gasteiger partial charge in [0.15, 0.2) is 0 Å². The van der Waals surface area contributed by atoms with Crippen LogP contribution in [0.5, 0.6) is 0 Å². The molecule has 0 aliphatic heterocycles. The average molecular weight is 502 g/mol. The standard InChI is InChI=1S/C30H16BrNO2/c31-17-9-11-27-21(13-17)23-15-30-24(16-29(23)33-27)22-14-18(10-12-28(22)34-30)32-25-7-3-1-5-19(25)20-6-2-4-8-26(20)32/h1-16H. The highest BCUT2D eigenvalue weighted by Gasteiger charge is 2.16. The second-order valence-electron chi connectivity index (χ2n) is 8.74. The summed E-state index contributed by atoms with van der Waals surface area (Å²) in [6.07, 6.45) is 0. The lowest BCUT2D eigenvalue weighted by Crippen LogP contribution is -1.93. The molecule has 0 spiro atoms. The Morgan fingerprint density at radius 3 is 1.65 bits per heavy atom. The first-order chi connectivity index (χ1) is 16.7. The summed E-state index contributed by atoms with van der Waals surface area (Å²) in [6.45, 7) is 0. The number of hydrogen-bond donors (Lipinski definition) is 0. The Kier molecular flexibility index (Phi) is 3.53. The molecule has 8 aromatic rings. The normalized spacial score (nSPS) is 12.3. The van der Waals surface area contributed by atoms with Gasteiger partial charge in [-0.2, -0.15) is 0 Å². The van der Waals surface area contributed by atoms with E-state index in [2.05, 4.69) is 105 Å². The van der Waals surface area contributed by atoms with Crippen LogP contribution in [0.2, 0.25) is 0 Å². The number of fused-ring (bicyclic) bond motifs is 9. The molecule has 0 fully saturated rings. The van der Waals surface area contributed by atoms with Gasteiger partial charge in [-0.05, 0) is 60.7 Å². The van der Waals surface area contributed by atoms with Crippen molar-refractivity contribution in [1.82, 2.24) is 4.57 Å². The minimum atomic E-state index is 0.865. The van der Waals surface area contributed by atoms with Crippen molar-refractivity contribution in [2.24, 2.45) is 0 Å². The number of aromatic nitrogens is 1. The first-order valence-electron chi connectivity index (χ1n) is 11.2. The number of furan rings is 2. The average Bonchev–Trinajstić information content (AvgIpc) is 3.51. The van der Waals surface area contributed by atoms with Gasteiger partial charge in [-0.1, -0.05) is 52.3 Å². The van der Waals surface area contributed by atoms with Gasteiger partial charge in [0.05, 0.1) is 11.0 Å². The summed E-state index contributed by atoms with van der Waals surface area (Å²) in [5.74, 6) is 0. The van der Waals surface area contributed by atoms with Crippen LogP contribution in [0, 0.1) is 0 Å². The Balaban J connectivity index is 1.44. The van der Waals surface area contributed by atoms with Crippen LogP contribution in [0.25, 0.3) is 71.4 Å². The summed E-state index contributed by atoms with van der Waals surface area (Å²) in [7, 11) is 0.